The van der Waals surface area contributed by atoms with Gasteiger partial charge in [-0.25, -0.2) is 9.59 Å². The van der Waals surface area contributed by atoms with Crippen LogP contribution in [0.3, 0.4) is 0 Å². The third kappa shape index (κ3) is 3.48. The van der Waals surface area contributed by atoms with Gasteiger partial charge in [-0.05, 0) is 18.4 Å². The minimum Gasteiger partial charge on any atom is -0.480 e. The second-order valence-corrected chi connectivity index (χ2v) is 4.78. The fourth-order valence-corrected chi connectivity index (χ4v) is 2.21. The van der Waals surface area contributed by atoms with Gasteiger partial charge in [0.25, 0.3) is 0 Å². The SMILES string of the molecule is O=C(O)C1CCC(O)CN1C(=O)OCc1ccccc1. The third-order valence-electron chi connectivity index (χ3n) is 3.28. The van der Waals surface area contributed by atoms with Crippen LogP contribution in [0.5, 0.6) is 0 Å². The van der Waals surface area contributed by atoms with E-state index in [0.717, 1.165) is 10.5 Å². The van der Waals surface area contributed by atoms with E-state index < -0.39 is 24.2 Å². The molecule has 0 aromatic heterocycles. The molecule has 108 valence electrons. The van der Waals surface area contributed by atoms with Crippen molar-refractivity contribution in [2.75, 3.05) is 6.54 Å². The van der Waals surface area contributed by atoms with Crippen LogP contribution in [-0.4, -0.2) is 45.9 Å². The van der Waals surface area contributed by atoms with Crippen molar-refractivity contribution in [3.8, 4) is 0 Å². The summed E-state index contributed by atoms with van der Waals surface area (Å²) in [5.74, 6) is -1.08. The molecule has 1 aromatic carbocycles. The van der Waals surface area contributed by atoms with Gasteiger partial charge in [-0.1, -0.05) is 30.3 Å². The molecule has 1 aliphatic rings. The number of ether oxygens (including phenoxy) is 1. The van der Waals surface area contributed by atoms with Crippen LogP contribution in [0.4, 0.5) is 4.79 Å². The Balaban J connectivity index is 1.97. The Morgan fingerprint density at radius 2 is 1.95 bits per heavy atom. The number of carboxylic acid groups (broad SMARTS) is 1. The summed E-state index contributed by atoms with van der Waals surface area (Å²) < 4.78 is 5.11. The first-order valence-electron chi connectivity index (χ1n) is 6.46. The van der Waals surface area contributed by atoms with E-state index in [1.54, 1.807) is 0 Å². The summed E-state index contributed by atoms with van der Waals surface area (Å²) in [7, 11) is 0. The number of aliphatic hydroxyl groups excluding tert-OH is 1. The predicted molar refractivity (Wildman–Crippen MR) is 70.0 cm³/mol. The molecule has 1 aromatic rings. The van der Waals surface area contributed by atoms with Gasteiger partial charge in [0.15, 0.2) is 0 Å². The summed E-state index contributed by atoms with van der Waals surface area (Å²) >= 11 is 0. The molecule has 1 aliphatic heterocycles. The Bertz CT molecular complexity index is 476. The van der Waals surface area contributed by atoms with Gasteiger partial charge in [-0.2, -0.15) is 0 Å². The molecule has 0 saturated carbocycles. The molecular weight excluding hydrogens is 262 g/mol. The summed E-state index contributed by atoms with van der Waals surface area (Å²) in [4.78, 5) is 24.2. The molecule has 2 atom stereocenters. The monoisotopic (exact) mass is 279 g/mol. The molecule has 2 N–H and O–H groups in total. The van der Waals surface area contributed by atoms with Crippen molar-refractivity contribution in [2.24, 2.45) is 0 Å². The van der Waals surface area contributed by atoms with E-state index in [-0.39, 0.29) is 19.6 Å². The number of aliphatic hydroxyl groups is 1. The van der Waals surface area contributed by atoms with E-state index >= 15 is 0 Å². The van der Waals surface area contributed by atoms with Gasteiger partial charge in [0, 0.05) is 0 Å². The molecule has 2 unspecified atom stereocenters. The molecular formula is C14H17NO5. The number of nitrogens with zero attached hydrogens (tertiary/aromatic N) is 1. The summed E-state index contributed by atoms with van der Waals surface area (Å²) in [6.07, 6.45) is -0.800. The number of benzene rings is 1. The standard InChI is InChI=1S/C14H17NO5/c16-11-6-7-12(13(17)18)15(8-11)14(19)20-9-10-4-2-1-3-5-10/h1-5,11-12,16H,6-9H2,(H,17,18). The van der Waals surface area contributed by atoms with Crippen LogP contribution in [0.2, 0.25) is 0 Å². The van der Waals surface area contributed by atoms with Crippen LogP contribution in [0.25, 0.3) is 0 Å². The number of hydrogen-bond acceptors (Lipinski definition) is 4. The lowest BCUT2D eigenvalue weighted by Gasteiger charge is -2.34. The normalized spacial score (nSPS) is 22.4. The van der Waals surface area contributed by atoms with Crippen LogP contribution >= 0.6 is 0 Å². The number of carboxylic acids is 1. The molecule has 6 heteroatoms. The first-order chi connectivity index (χ1) is 9.58. The van der Waals surface area contributed by atoms with Gasteiger partial charge in [0.1, 0.15) is 12.6 Å². The van der Waals surface area contributed by atoms with Gasteiger partial charge in [0.2, 0.25) is 0 Å². The molecule has 1 saturated heterocycles. The molecule has 0 aliphatic carbocycles. The number of likely N-dealkylation sites (tertiary alicyclic amines) is 1. The van der Waals surface area contributed by atoms with Crippen molar-refractivity contribution in [3.05, 3.63) is 35.9 Å². The third-order valence-corrected chi connectivity index (χ3v) is 3.28. The van der Waals surface area contributed by atoms with Crippen molar-refractivity contribution in [3.63, 3.8) is 0 Å². The van der Waals surface area contributed by atoms with E-state index in [1.165, 1.54) is 0 Å². The van der Waals surface area contributed by atoms with E-state index in [0.29, 0.717) is 6.42 Å². The smallest absolute Gasteiger partial charge is 0.410 e. The zero-order valence-electron chi connectivity index (χ0n) is 10.9. The lowest BCUT2D eigenvalue weighted by atomic mass is 10.0. The second-order valence-electron chi connectivity index (χ2n) is 4.78. The van der Waals surface area contributed by atoms with E-state index in [1.807, 2.05) is 30.3 Å². The van der Waals surface area contributed by atoms with Crippen LogP contribution in [0.1, 0.15) is 18.4 Å². The average Bonchev–Trinajstić information content (AvgIpc) is 2.45. The topological polar surface area (TPSA) is 87.1 Å². The number of carbonyl (C=O) groups excluding carboxylic acids is 1. The van der Waals surface area contributed by atoms with Gasteiger partial charge >= 0.3 is 12.1 Å². The Labute approximate surface area is 116 Å². The zero-order chi connectivity index (χ0) is 14.5. The van der Waals surface area contributed by atoms with Crippen molar-refractivity contribution < 1.29 is 24.5 Å². The Morgan fingerprint density at radius 3 is 2.60 bits per heavy atom. The number of β-amino-alcohol motifs (C(OH)–C–C–N with tert-alkyl or cyclic N) is 1. The Kier molecular flexibility index (Phi) is 4.57. The highest BCUT2D eigenvalue weighted by Gasteiger charge is 2.36. The number of amides is 1. The molecule has 0 spiro atoms. The minimum atomic E-state index is -1.08. The molecule has 0 radical (unpaired) electrons. The minimum absolute atomic E-state index is 0.00934. The highest BCUT2D eigenvalue weighted by atomic mass is 16.6. The maximum absolute atomic E-state index is 12.0. The van der Waals surface area contributed by atoms with Crippen LogP contribution in [0.15, 0.2) is 30.3 Å². The molecule has 2 rings (SSSR count). The van der Waals surface area contributed by atoms with Gasteiger partial charge < -0.3 is 14.9 Å². The van der Waals surface area contributed by atoms with Crippen LogP contribution in [0, 0.1) is 0 Å². The van der Waals surface area contributed by atoms with E-state index in [2.05, 4.69) is 0 Å². The molecule has 20 heavy (non-hydrogen) atoms. The lowest BCUT2D eigenvalue weighted by Crippen LogP contribution is -2.52. The van der Waals surface area contributed by atoms with Crippen LogP contribution in [-0.2, 0) is 16.1 Å². The second kappa shape index (κ2) is 6.38. The Hall–Kier alpha value is -2.08. The number of rotatable bonds is 3. The first kappa shape index (κ1) is 14.3. The maximum Gasteiger partial charge on any atom is 0.410 e. The average molecular weight is 279 g/mol. The largest absolute Gasteiger partial charge is 0.480 e. The highest BCUT2D eigenvalue weighted by molar-refractivity contribution is 5.80. The van der Waals surface area contributed by atoms with Crippen molar-refractivity contribution in [1.29, 1.82) is 0 Å². The fraction of sp³-hybridized carbons (Fsp3) is 0.429. The van der Waals surface area contributed by atoms with Crippen molar-refractivity contribution in [2.45, 2.75) is 31.6 Å². The molecule has 1 fully saturated rings. The number of carbonyl (C=O) groups is 2. The molecule has 1 heterocycles. The quantitative estimate of drug-likeness (QED) is 0.869. The summed E-state index contributed by atoms with van der Waals surface area (Å²) in [5.41, 5.74) is 0.824. The number of piperidine rings is 1. The van der Waals surface area contributed by atoms with Gasteiger partial charge in [-0.3, -0.25) is 4.90 Å². The van der Waals surface area contributed by atoms with E-state index in [9.17, 15) is 14.7 Å². The first-order valence-corrected chi connectivity index (χ1v) is 6.46. The molecule has 1 amide bonds. The summed E-state index contributed by atoms with van der Waals surface area (Å²) in [6, 6.07) is 8.20. The van der Waals surface area contributed by atoms with Gasteiger partial charge in [-0.15, -0.1) is 0 Å². The maximum atomic E-state index is 12.0. The number of aliphatic carboxylic acids is 1. The van der Waals surface area contributed by atoms with Crippen molar-refractivity contribution >= 4 is 12.1 Å². The zero-order valence-corrected chi connectivity index (χ0v) is 10.9. The highest BCUT2D eigenvalue weighted by Crippen LogP contribution is 2.19. The predicted octanol–water partition coefficient (Wildman–Crippen LogP) is 1.23. The molecule has 0 bridgehead atoms. The summed E-state index contributed by atoms with van der Waals surface area (Å²) in [5, 5.41) is 18.7. The van der Waals surface area contributed by atoms with E-state index in [4.69, 9.17) is 9.84 Å². The van der Waals surface area contributed by atoms with Crippen LogP contribution < -0.4 is 0 Å². The Morgan fingerprint density at radius 1 is 1.25 bits per heavy atom. The summed E-state index contributed by atoms with van der Waals surface area (Å²) in [6.45, 7) is 0.0726. The lowest BCUT2D eigenvalue weighted by molar-refractivity contribution is -0.145. The molecule has 6 nitrogen and oxygen atoms in total. The number of hydrogen-bond donors (Lipinski definition) is 2. The van der Waals surface area contributed by atoms with Gasteiger partial charge in [0.05, 0.1) is 12.6 Å². The van der Waals surface area contributed by atoms with Crippen molar-refractivity contribution in [1.82, 2.24) is 4.90 Å². The fourth-order valence-electron chi connectivity index (χ4n) is 2.21.